The molecule has 88 valence electrons. The Labute approximate surface area is 104 Å². The molecule has 2 heterocycles. The lowest BCUT2D eigenvalue weighted by Gasteiger charge is -2.35. The van der Waals surface area contributed by atoms with E-state index in [-0.39, 0.29) is 5.82 Å². The zero-order valence-electron chi connectivity index (χ0n) is 9.58. The summed E-state index contributed by atoms with van der Waals surface area (Å²) in [6.07, 6.45) is 1.24. The second-order valence-corrected chi connectivity index (χ2v) is 5.63. The third-order valence-electron chi connectivity index (χ3n) is 2.94. The molecule has 1 fully saturated rings. The van der Waals surface area contributed by atoms with Crippen LogP contribution in [0.3, 0.4) is 0 Å². The summed E-state index contributed by atoms with van der Waals surface area (Å²) in [6.45, 7) is 6.40. The van der Waals surface area contributed by atoms with Crippen LogP contribution in [0.5, 0.6) is 0 Å². The number of hydrogen-bond donors (Lipinski definition) is 0. The fraction of sp³-hybridized carbons (Fsp3) is 0.583. The normalized spacial score (nSPS) is 25.9. The first-order valence-electron chi connectivity index (χ1n) is 5.62. The lowest BCUT2D eigenvalue weighted by Crippen LogP contribution is -2.39. The number of hydrogen-bond acceptors (Lipinski definition) is 2. The van der Waals surface area contributed by atoms with Gasteiger partial charge in [0.15, 0.2) is 0 Å². The van der Waals surface area contributed by atoms with Crippen LogP contribution in [0, 0.1) is 17.7 Å². The summed E-state index contributed by atoms with van der Waals surface area (Å²) >= 11 is 3.23. The molecule has 16 heavy (non-hydrogen) atoms. The van der Waals surface area contributed by atoms with E-state index in [4.69, 9.17) is 0 Å². The standard InChI is InChI=1S/C12H16BrFN2/c1-8-3-9(2)7-16(6-8)12-5-10(14)4-11(13)15-12/h4-5,8-9H,3,6-7H2,1-2H3. The molecular formula is C12H16BrFN2. The van der Waals surface area contributed by atoms with E-state index >= 15 is 0 Å². The summed E-state index contributed by atoms with van der Waals surface area (Å²) in [7, 11) is 0. The lowest BCUT2D eigenvalue weighted by atomic mass is 9.92. The van der Waals surface area contributed by atoms with Crippen LogP contribution in [0.15, 0.2) is 16.7 Å². The molecule has 0 N–H and O–H groups in total. The van der Waals surface area contributed by atoms with Gasteiger partial charge in [0.1, 0.15) is 16.2 Å². The van der Waals surface area contributed by atoms with E-state index < -0.39 is 0 Å². The van der Waals surface area contributed by atoms with Crippen LogP contribution in [-0.4, -0.2) is 18.1 Å². The van der Waals surface area contributed by atoms with E-state index in [1.807, 2.05) is 0 Å². The highest BCUT2D eigenvalue weighted by Gasteiger charge is 2.23. The third kappa shape index (κ3) is 2.73. The number of aromatic nitrogens is 1. The molecule has 2 rings (SSSR count). The Kier molecular flexibility index (Phi) is 3.47. The van der Waals surface area contributed by atoms with Crippen molar-refractivity contribution >= 4 is 21.7 Å². The van der Waals surface area contributed by atoms with Gasteiger partial charge in [0.05, 0.1) is 0 Å². The van der Waals surface area contributed by atoms with Crippen LogP contribution in [0.25, 0.3) is 0 Å². The molecule has 0 bridgehead atoms. The molecule has 1 aromatic heterocycles. The highest BCUT2D eigenvalue weighted by Crippen LogP contribution is 2.26. The van der Waals surface area contributed by atoms with Gasteiger partial charge in [-0.25, -0.2) is 9.37 Å². The van der Waals surface area contributed by atoms with Gasteiger partial charge >= 0.3 is 0 Å². The number of pyridine rings is 1. The molecule has 0 saturated carbocycles. The van der Waals surface area contributed by atoms with E-state index in [2.05, 4.69) is 39.7 Å². The maximum absolute atomic E-state index is 13.3. The van der Waals surface area contributed by atoms with Crippen LogP contribution in [-0.2, 0) is 0 Å². The van der Waals surface area contributed by atoms with Crippen molar-refractivity contribution < 1.29 is 4.39 Å². The van der Waals surface area contributed by atoms with Crippen LogP contribution in [0.2, 0.25) is 0 Å². The largest absolute Gasteiger partial charge is 0.356 e. The molecular weight excluding hydrogens is 271 g/mol. The minimum Gasteiger partial charge on any atom is -0.356 e. The van der Waals surface area contributed by atoms with Crippen molar-refractivity contribution in [2.75, 3.05) is 18.0 Å². The summed E-state index contributed by atoms with van der Waals surface area (Å²) in [5.74, 6) is 1.80. The molecule has 2 atom stereocenters. The Bertz CT molecular complexity index is 353. The highest BCUT2D eigenvalue weighted by molar-refractivity contribution is 9.10. The predicted octanol–water partition coefficient (Wildman–Crippen LogP) is 3.47. The van der Waals surface area contributed by atoms with E-state index in [0.717, 1.165) is 18.9 Å². The summed E-state index contributed by atoms with van der Waals surface area (Å²) < 4.78 is 13.8. The number of halogens is 2. The van der Waals surface area contributed by atoms with Crippen molar-refractivity contribution in [1.82, 2.24) is 4.98 Å². The van der Waals surface area contributed by atoms with Gasteiger partial charge in [-0.15, -0.1) is 0 Å². The number of nitrogens with zero attached hydrogens (tertiary/aromatic N) is 2. The van der Waals surface area contributed by atoms with Crippen molar-refractivity contribution in [3.63, 3.8) is 0 Å². The van der Waals surface area contributed by atoms with Crippen LogP contribution in [0.4, 0.5) is 10.2 Å². The SMILES string of the molecule is CC1CC(C)CN(c2cc(F)cc(Br)n2)C1. The molecule has 1 aromatic rings. The average Bonchev–Trinajstić information content (AvgIpc) is 2.14. The van der Waals surface area contributed by atoms with Gasteiger partial charge in [-0.3, -0.25) is 0 Å². The van der Waals surface area contributed by atoms with Gasteiger partial charge in [-0.2, -0.15) is 0 Å². The molecule has 0 aromatic carbocycles. The van der Waals surface area contributed by atoms with Gasteiger partial charge in [0.25, 0.3) is 0 Å². The van der Waals surface area contributed by atoms with Crippen LogP contribution >= 0.6 is 15.9 Å². The lowest BCUT2D eigenvalue weighted by molar-refractivity contribution is 0.355. The molecule has 2 unspecified atom stereocenters. The Morgan fingerprint density at radius 1 is 1.31 bits per heavy atom. The molecule has 2 nitrogen and oxygen atoms in total. The van der Waals surface area contributed by atoms with E-state index in [1.165, 1.54) is 18.6 Å². The second kappa shape index (κ2) is 4.70. The van der Waals surface area contributed by atoms with Gasteiger partial charge in [-0.05, 0) is 34.2 Å². The van der Waals surface area contributed by atoms with Crippen molar-refractivity contribution in [2.24, 2.45) is 11.8 Å². The monoisotopic (exact) mass is 286 g/mol. The molecule has 0 aliphatic carbocycles. The summed E-state index contributed by atoms with van der Waals surface area (Å²) in [5, 5.41) is 0. The van der Waals surface area contributed by atoms with Gasteiger partial charge in [-0.1, -0.05) is 13.8 Å². The molecule has 0 spiro atoms. The highest BCUT2D eigenvalue weighted by atomic mass is 79.9. The molecule has 0 radical (unpaired) electrons. The Hall–Kier alpha value is -0.640. The van der Waals surface area contributed by atoms with E-state index in [9.17, 15) is 4.39 Å². The van der Waals surface area contributed by atoms with Crippen molar-refractivity contribution in [3.05, 3.63) is 22.6 Å². The summed E-state index contributed by atoms with van der Waals surface area (Å²) in [4.78, 5) is 6.50. The van der Waals surface area contributed by atoms with Crippen LogP contribution < -0.4 is 4.90 Å². The van der Waals surface area contributed by atoms with Gasteiger partial charge < -0.3 is 4.90 Å². The number of anilines is 1. The third-order valence-corrected chi connectivity index (χ3v) is 3.34. The Morgan fingerprint density at radius 2 is 1.94 bits per heavy atom. The van der Waals surface area contributed by atoms with Gasteiger partial charge in [0.2, 0.25) is 0 Å². The molecule has 0 amide bonds. The maximum Gasteiger partial charge on any atom is 0.132 e. The Balaban J connectivity index is 2.22. The average molecular weight is 287 g/mol. The fourth-order valence-corrected chi connectivity index (χ4v) is 2.87. The quantitative estimate of drug-likeness (QED) is 0.735. The summed E-state index contributed by atoms with van der Waals surface area (Å²) in [6, 6.07) is 2.90. The molecule has 1 saturated heterocycles. The van der Waals surface area contributed by atoms with E-state index in [0.29, 0.717) is 16.4 Å². The molecule has 1 aliphatic heterocycles. The first-order valence-corrected chi connectivity index (χ1v) is 6.42. The number of piperidine rings is 1. The molecule has 4 heteroatoms. The Morgan fingerprint density at radius 3 is 2.50 bits per heavy atom. The fourth-order valence-electron chi connectivity index (χ4n) is 2.46. The van der Waals surface area contributed by atoms with Crippen molar-refractivity contribution in [3.8, 4) is 0 Å². The minimum atomic E-state index is -0.234. The first kappa shape index (κ1) is 11.8. The summed E-state index contributed by atoms with van der Waals surface area (Å²) in [5.41, 5.74) is 0. The second-order valence-electron chi connectivity index (χ2n) is 4.82. The van der Waals surface area contributed by atoms with Crippen molar-refractivity contribution in [1.29, 1.82) is 0 Å². The van der Waals surface area contributed by atoms with E-state index in [1.54, 1.807) is 0 Å². The number of rotatable bonds is 1. The maximum atomic E-state index is 13.3. The zero-order chi connectivity index (χ0) is 11.7. The minimum absolute atomic E-state index is 0.234. The predicted molar refractivity (Wildman–Crippen MR) is 67.1 cm³/mol. The zero-order valence-corrected chi connectivity index (χ0v) is 11.2. The van der Waals surface area contributed by atoms with Gasteiger partial charge in [0, 0.05) is 25.2 Å². The van der Waals surface area contributed by atoms with Crippen LogP contribution in [0.1, 0.15) is 20.3 Å². The molecule has 1 aliphatic rings. The smallest absolute Gasteiger partial charge is 0.132 e. The van der Waals surface area contributed by atoms with Crippen molar-refractivity contribution in [2.45, 2.75) is 20.3 Å². The first-order chi connectivity index (χ1) is 7.54. The topological polar surface area (TPSA) is 16.1 Å².